The van der Waals surface area contributed by atoms with E-state index in [2.05, 4.69) is 20.2 Å². The van der Waals surface area contributed by atoms with Crippen LogP contribution in [0.2, 0.25) is 0 Å². The van der Waals surface area contributed by atoms with Gasteiger partial charge in [0.25, 0.3) is 0 Å². The van der Waals surface area contributed by atoms with Gasteiger partial charge in [-0.15, -0.1) is 0 Å². The van der Waals surface area contributed by atoms with E-state index in [0.717, 1.165) is 56.0 Å². The van der Waals surface area contributed by atoms with Gasteiger partial charge in [0, 0.05) is 32.4 Å². The van der Waals surface area contributed by atoms with E-state index >= 15 is 0 Å². The second kappa shape index (κ2) is 3.76. The van der Waals surface area contributed by atoms with Gasteiger partial charge in [0.2, 0.25) is 5.89 Å². The minimum atomic E-state index is 0.0706. The molecule has 1 aliphatic heterocycles. The van der Waals surface area contributed by atoms with Crippen LogP contribution < -0.4 is 5.32 Å². The molecule has 2 fully saturated rings. The highest BCUT2D eigenvalue weighted by atomic mass is 16.4. The number of piperazine rings is 1. The Labute approximate surface area is 105 Å². The number of aromatic nitrogens is 2. The lowest BCUT2D eigenvalue weighted by atomic mass is 10.2. The predicted molar refractivity (Wildman–Crippen MR) is 67.2 cm³/mol. The predicted octanol–water partition coefficient (Wildman–Crippen LogP) is 1.12. The van der Waals surface area contributed by atoms with Crippen LogP contribution in [0.3, 0.4) is 0 Å². The number of oxazole rings is 1. The van der Waals surface area contributed by atoms with E-state index in [1.165, 1.54) is 0 Å². The van der Waals surface area contributed by atoms with Crippen molar-refractivity contribution < 1.29 is 4.42 Å². The average Bonchev–Trinajstić information content (AvgIpc) is 3.13. The summed E-state index contributed by atoms with van der Waals surface area (Å²) in [6.45, 7) is 4.28. The van der Waals surface area contributed by atoms with Gasteiger partial charge in [-0.1, -0.05) is 0 Å². The van der Waals surface area contributed by atoms with Gasteiger partial charge in [0.15, 0.2) is 5.58 Å². The molecule has 1 saturated heterocycles. The van der Waals surface area contributed by atoms with Crippen LogP contribution in [0.25, 0.3) is 11.1 Å². The highest BCUT2D eigenvalue weighted by molar-refractivity contribution is 5.71. The molecule has 2 aliphatic rings. The molecule has 5 nitrogen and oxygen atoms in total. The molecule has 0 unspecified atom stereocenters. The Hall–Kier alpha value is -1.46. The first kappa shape index (κ1) is 10.5. The molecular weight excluding hydrogens is 228 g/mol. The maximum absolute atomic E-state index is 5.91. The van der Waals surface area contributed by atoms with Crippen molar-refractivity contribution in [1.82, 2.24) is 20.2 Å². The van der Waals surface area contributed by atoms with Gasteiger partial charge in [-0.25, -0.2) is 4.98 Å². The lowest BCUT2D eigenvalue weighted by molar-refractivity contribution is 0.132. The quantitative estimate of drug-likeness (QED) is 0.858. The minimum Gasteiger partial charge on any atom is -0.437 e. The number of nitrogens with zero attached hydrogens (tertiary/aromatic N) is 3. The van der Waals surface area contributed by atoms with Crippen molar-refractivity contribution in [2.45, 2.75) is 18.4 Å². The number of nitrogens with one attached hydrogen (secondary N) is 1. The average molecular weight is 244 g/mol. The van der Waals surface area contributed by atoms with Gasteiger partial charge < -0.3 is 9.73 Å². The molecule has 0 aromatic carbocycles. The van der Waals surface area contributed by atoms with Crippen LogP contribution in [0.15, 0.2) is 22.9 Å². The molecule has 0 radical (unpaired) electrons. The molecule has 1 N–H and O–H groups in total. The highest BCUT2D eigenvalue weighted by Crippen LogP contribution is 2.51. The lowest BCUT2D eigenvalue weighted by Crippen LogP contribution is -2.48. The highest BCUT2D eigenvalue weighted by Gasteiger charge is 2.53. The first-order valence-corrected chi connectivity index (χ1v) is 6.55. The molecule has 0 spiro atoms. The second-order valence-corrected chi connectivity index (χ2v) is 5.13. The van der Waals surface area contributed by atoms with Crippen LogP contribution in [0.1, 0.15) is 18.7 Å². The molecule has 18 heavy (non-hydrogen) atoms. The Bertz CT molecular complexity index is 536. The van der Waals surface area contributed by atoms with Crippen molar-refractivity contribution >= 4 is 11.1 Å². The molecule has 0 atom stereocenters. The third-order valence-electron chi connectivity index (χ3n) is 4.04. The third kappa shape index (κ3) is 1.47. The lowest BCUT2D eigenvalue weighted by Gasteiger charge is -2.33. The van der Waals surface area contributed by atoms with Crippen molar-refractivity contribution in [3.05, 3.63) is 24.4 Å². The van der Waals surface area contributed by atoms with E-state index in [1.807, 2.05) is 6.07 Å². The standard InChI is InChI=1S/C13H16N4O/c1-4-15-9-11-10(1)16-12(18-11)13(2-3-13)17-7-5-14-6-8-17/h1,4,9,14H,2-3,5-8H2. The molecule has 1 saturated carbocycles. The molecule has 2 aromatic rings. The smallest absolute Gasteiger partial charge is 0.216 e. The topological polar surface area (TPSA) is 54.2 Å². The molecule has 0 bridgehead atoms. The molecular formula is C13H16N4O. The molecule has 2 aromatic heterocycles. The fraction of sp³-hybridized carbons (Fsp3) is 0.538. The largest absolute Gasteiger partial charge is 0.437 e. The molecule has 5 heteroatoms. The van der Waals surface area contributed by atoms with E-state index in [4.69, 9.17) is 4.42 Å². The van der Waals surface area contributed by atoms with Crippen LogP contribution in [0, 0.1) is 0 Å². The molecule has 4 rings (SSSR count). The maximum atomic E-state index is 5.91. The van der Waals surface area contributed by atoms with E-state index in [9.17, 15) is 0 Å². The van der Waals surface area contributed by atoms with Crippen molar-refractivity contribution in [2.75, 3.05) is 26.2 Å². The Balaban J connectivity index is 1.72. The minimum absolute atomic E-state index is 0.0706. The maximum Gasteiger partial charge on any atom is 0.216 e. The summed E-state index contributed by atoms with van der Waals surface area (Å²) in [6.07, 6.45) is 5.83. The zero-order valence-corrected chi connectivity index (χ0v) is 10.2. The van der Waals surface area contributed by atoms with Crippen molar-refractivity contribution in [3.8, 4) is 0 Å². The van der Waals surface area contributed by atoms with Gasteiger partial charge in [-0.3, -0.25) is 9.88 Å². The molecule has 0 amide bonds. The van der Waals surface area contributed by atoms with Gasteiger partial charge in [0.1, 0.15) is 5.52 Å². The SMILES string of the molecule is c1cc2nc(C3(N4CCNCC4)CC3)oc2cn1. The fourth-order valence-electron chi connectivity index (χ4n) is 2.86. The number of hydrogen-bond acceptors (Lipinski definition) is 5. The summed E-state index contributed by atoms with van der Waals surface area (Å²) in [4.78, 5) is 11.3. The van der Waals surface area contributed by atoms with Gasteiger partial charge >= 0.3 is 0 Å². The first-order valence-electron chi connectivity index (χ1n) is 6.55. The summed E-state index contributed by atoms with van der Waals surface area (Å²) >= 11 is 0. The van der Waals surface area contributed by atoms with E-state index in [-0.39, 0.29) is 5.54 Å². The van der Waals surface area contributed by atoms with Crippen LogP contribution in [0.5, 0.6) is 0 Å². The Morgan fingerprint density at radius 1 is 1.28 bits per heavy atom. The third-order valence-corrected chi connectivity index (χ3v) is 4.04. The van der Waals surface area contributed by atoms with E-state index in [1.54, 1.807) is 12.4 Å². The zero-order valence-electron chi connectivity index (χ0n) is 10.2. The van der Waals surface area contributed by atoms with Crippen molar-refractivity contribution in [2.24, 2.45) is 0 Å². The number of fused-ring (bicyclic) bond motifs is 1. The fourth-order valence-corrected chi connectivity index (χ4v) is 2.86. The summed E-state index contributed by atoms with van der Waals surface area (Å²) in [5.41, 5.74) is 1.79. The Morgan fingerprint density at radius 2 is 2.11 bits per heavy atom. The van der Waals surface area contributed by atoms with Crippen LogP contribution in [0.4, 0.5) is 0 Å². The first-order chi connectivity index (χ1) is 8.88. The van der Waals surface area contributed by atoms with Crippen LogP contribution in [-0.4, -0.2) is 41.0 Å². The molecule has 1 aliphatic carbocycles. The summed E-state index contributed by atoms with van der Waals surface area (Å²) in [6, 6.07) is 1.91. The Kier molecular flexibility index (Phi) is 2.19. The van der Waals surface area contributed by atoms with Crippen molar-refractivity contribution in [1.29, 1.82) is 0 Å². The van der Waals surface area contributed by atoms with E-state index in [0.29, 0.717) is 0 Å². The van der Waals surface area contributed by atoms with Gasteiger partial charge in [-0.2, -0.15) is 0 Å². The van der Waals surface area contributed by atoms with Gasteiger partial charge in [-0.05, 0) is 18.9 Å². The van der Waals surface area contributed by atoms with Crippen molar-refractivity contribution in [3.63, 3.8) is 0 Å². The molecule has 3 heterocycles. The molecule has 94 valence electrons. The number of pyridine rings is 1. The zero-order chi connectivity index (χ0) is 12.0. The Morgan fingerprint density at radius 3 is 2.83 bits per heavy atom. The summed E-state index contributed by atoms with van der Waals surface area (Å²) < 4.78 is 5.91. The monoisotopic (exact) mass is 244 g/mol. The normalized spacial score (nSPS) is 23.3. The second-order valence-electron chi connectivity index (χ2n) is 5.13. The van der Waals surface area contributed by atoms with Gasteiger partial charge in [0.05, 0.1) is 11.7 Å². The van der Waals surface area contributed by atoms with Crippen LogP contribution >= 0.6 is 0 Å². The number of rotatable bonds is 2. The summed E-state index contributed by atoms with van der Waals surface area (Å²) in [5, 5.41) is 3.39. The summed E-state index contributed by atoms with van der Waals surface area (Å²) in [7, 11) is 0. The number of hydrogen-bond donors (Lipinski definition) is 1. The summed E-state index contributed by atoms with van der Waals surface area (Å²) in [5.74, 6) is 0.882. The van der Waals surface area contributed by atoms with E-state index < -0.39 is 0 Å². The van der Waals surface area contributed by atoms with Crippen LogP contribution in [-0.2, 0) is 5.54 Å².